The van der Waals surface area contributed by atoms with Crippen LogP contribution in [0.4, 0.5) is 0 Å². The van der Waals surface area contributed by atoms with Crippen LogP contribution in [0.5, 0.6) is 0 Å². The summed E-state index contributed by atoms with van der Waals surface area (Å²) >= 11 is 0. The number of nitrogens with zero attached hydrogens (tertiary/aromatic N) is 2. The first-order valence-electron chi connectivity index (χ1n) is 8.95. The zero-order chi connectivity index (χ0) is 18.6. The minimum atomic E-state index is -1.67. The average Bonchev–Trinajstić information content (AvgIpc) is 2.94. The van der Waals surface area contributed by atoms with Crippen molar-refractivity contribution >= 4 is 26.0 Å². The molecule has 0 radical (unpaired) electrons. The lowest BCUT2D eigenvalue weighted by Crippen LogP contribution is -2.54. The smallest absolute Gasteiger partial charge is 0.399 e. The van der Waals surface area contributed by atoms with Crippen LogP contribution in [-0.4, -0.2) is 36.2 Å². The summed E-state index contributed by atoms with van der Waals surface area (Å²) in [5.41, 5.74) is 2.58. The Hall–Kier alpha value is -1.37. The molecule has 1 aliphatic heterocycles. The van der Waals surface area contributed by atoms with Gasteiger partial charge in [-0.2, -0.15) is 5.10 Å². The molecule has 0 aliphatic carbocycles. The summed E-state index contributed by atoms with van der Waals surface area (Å²) in [5, 5.41) is 6.17. The van der Waals surface area contributed by atoms with Crippen molar-refractivity contribution in [2.75, 3.05) is 0 Å². The van der Waals surface area contributed by atoms with Gasteiger partial charge in [0.1, 0.15) is 8.07 Å². The van der Waals surface area contributed by atoms with Crippen LogP contribution in [0.3, 0.4) is 0 Å². The Morgan fingerprint density at radius 3 is 1.96 bits per heavy atom. The van der Waals surface area contributed by atoms with E-state index in [9.17, 15) is 0 Å². The molecule has 0 spiro atoms. The monoisotopic (exact) mass is 356 g/mol. The summed E-state index contributed by atoms with van der Waals surface area (Å²) in [6.45, 7) is 17.5. The van der Waals surface area contributed by atoms with Gasteiger partial charge in [0.25, 0.3) is 0 Å². The van der Waals surface area contributed by atoms with Crippen molar-refractivity contribution in [3.05, 3.63) is 36.0 Å². The third kappa shape index (κ3) is 3.11. The van der Waals surface area contributed by atoms with E-state index in [0.29, 0.717) is 0 Å². The average molecular weight is 356 g/mol. The molecule has 4 nitrogen and oxygen atoms in total. The number of aromatic nitrogens is 2. The summed E-state index contributed by atoms with van der Waals surface area (Å²) in [5.74, 6) is 0. The second kappa shape index (κ2) is 5.83. The maximum Gasteiger partial charge on any atom is 0.498 e. The highest BCUT2D eigenvalue weighted by molar-refractivity contribution is 6.92. The molecule has 1 aromatic carbocycles. The van der Waals surface area contributed by atoms with Gasteiger partial charge >= 0.3 is 7.12 Å². The maximum absolute atomic E-state index is 6.36. The van der Waals surface area contributed by atoms with Gasteiger partial charge in [0.2, 0.25) is 0 Å². The molecule has 2 aromatic rings. The largest absolute Gasteiger partial charge is 0.498 e. The minimum absolute atomic E-state index is 0.352. The van der Waals surface area contributed by atoms with Crippen LogP contribution in [0.15, 0.2) is 30.3 Å². The van der Waals surface area contributed by atoms with Gasteiger partial charge in [0.15, 0.2) is 0 Å². The molecule has 1 saturated heterocycles. The van der Waals surface area contributed by atoms with E-state index in [1.807, 2.05) is 22.9 Å². The van der Waals surface area contributed by atoms with Crippen LogP contribution in [0, 0.1) is 6.92 Å². The van der Waals surface area contributed by atoms with E-state index >= 15 is 0 Å². The Bertz CT molecular complexity index is 763. The first-order chi connectivity index (χ1) is 11.4. The van der Waals surface area contributed by atoms with Crippen molar-refractivity contribution < 1.29 is 9.31 Å². The fourth-order valence-corrected chi connectivity index (χ4v) is 4.64. The summed E-state index contributed by atoms with van der Waals surface area (Å²) in [6, 6.07) is 10.3. The van der Waals surface area contributed by atoms with Gasteiger partial charge in [-0.25, -0.2) is 4.68 Å². The summed E-state index contributed by atoms with van der Waals surface area (Å²) in [4.78, 5) is 0. The number of para-hydroxylation sites is 1. The van der Waals surface area contributed by atoms with Crippen molar-refractivity contribution in [3.63, 3.8) is 0 Å². The normalized spacial score (nSPS) is 19.4. The predicted octanol–water partition coefficient (Wildman–Crippen LogP) is 3.03. The summed E-state index contributed by atoms with van der Waals surface area (Å²) in [6.07, 6.45) is 0. The Morgan fingerprint density at radius 1 is 0.960 bits per heavy atom. The van der Waals surface area contributed by atoms with Crippen molar-refractivity contribution in [2.24, 2.45) is 0 Å². The van der Waals surface area contributed by atoms with Crippen molar-refractivity contribution in [1.29, 1.82) is 0 Å². The van der Waals surface area contributed by atoms with E-state index in [4.69, 9.17) is 14.4 Å². The summed E-state index contributed by atoms with van der Waals surface area (Å²) in [7, 11) is -2.04. The number of rotatable bonds is 3. The van der Waals surface area contributed by atoms with E-state index in [2.05, 4.69) is 66.4 Å². The molecule has 1 aromatic heterocycles. The molecule has 0 atom stereocenters. The second-order valence-electron chi connectivity index (χ2n) is 8.93. The van der Waals surface area contributed by atoms with Crippen LogP contribution in [0.1, 0.15) is 33.4 Å². The summed E-state index contributed by atoms with van der Waals surface area (Å²) < 4.78 is 14.8. The van der Waals surface area contributed by atoms with E-state index in [1.165, 1.54) is 0 Å². The molecular formula is C19H29BN2O2Si. The molecular weight excluding hydrogens is 327 g/mol. The van der Waals surface area contributed by atoms with Crippen LogP contribution in [0.2, 0.25) is 19.6 Å². The van der Waals surface area contributed by atoms with Crippen molar-refractivity contribution in [2.45, 2.75) is 65.5 Å². The molecule has 1 aliphatic rings. The maximum atomic E-state index is 6.36. The number of hydrogen-bond donors (Lipinski definition) is 0. The lowest BCUT2D eigenvalue weighted by Gasteiger charge is -2.32. The highest BCUT2D eigenvalue weighted by Gasteiger charge is 2.54. The topological polar surface area (TPSA) is 36.3 Å². The molecule has 3 rings (SSSR count). The zero-order valence-corrected chi connectivity index (χ0v) is 17.7. The molecule has 1 fully saturated rings. The van der Waals surface area contributed by atoms with Crippen LogP contribution in [-0.2, 0) is 9.31 Å². The SMILES string of the molecule is Cc1c(B2OC(C)(C)C(C)(C)O2)c([Si](C)(C)C)nn1-c1ccccc1. The van der Waals surface area contributed by atoms with E-state index in [0.717, 1.165) is 22.2 Å². The molecule has 25 heavy (non-hydrogen) atoms. The van der Waals surface area contributed by atoms with E-state index in [1.54, 1.807) is 0 Å². The van der Waals surface area contributed by atoms with Gasteiger partial charge in [0.05, 0.1) is 16.9 Å². The van der Waals surface area contributed by atoms with Crippen LogP contribution in [0.25, 0.3) is 5.69 Å². The van der Waals surface area contributed by atoms with Crippen molar-refractivity contribution in [1.82, 2.24) is 9.78 Å². The van der Waals surface area contributed by atoms with Crippen molar-refractivity contribution in [3.8, 4) is 5.69 Å². The van der Waals surface area contributed by atoms with Gasteiger partial charge in [-0.15, -0.1) is 0 Å². The van der Waals surface area contributed by atoms with Gasteiger partial charge in [0, 0.05) is 16.5 Å². The van der Waals surface area contributed by atoms with E-state index in [-0.39, 0.29) is 18.3 Å². The highest BCUT2D eigenvalue weighted by atomic mass is 28.3. The van der Waals surface area contributed by atoms with E-state index < -0.39 is 8.07 Å². The Labute approximate surface area is 152 Å². The van der Waals surface area contributed by atoms with Gasteiger partial charge in [-0.05, 0) is 46.8 Å². The molecule has 0 bridgehead atoms. The van der Waals surface area contributed by atoms with Crippen LogP contribution < -0.4 is 10.8 Å². The Morgan fingerprint density at radius 2 is 1.48 bits per heavy atom. The van der Waals surface area contributed by atoms with Gasteiger partial charge in [-0.1, -0.05) is 37.8 Å². The predicted molar refractivity (Wildman–Crippen MR) is 107 cm³/mol. The molecule has 6 heteroatoms. The third-order valence-electron chi connectivity index (χ3n) is 5.36. The first-order valence-corrected chi connectivity index (χ1v) is 12.4. The lowest BCUT2D eigenvalue weighted by molar-refractivity contribution is 0.00578. The third-order valence-corrected chi connectivity index (χ3v) is 7.15. The second-order valence-corrected chi connectivity index (χ2v) is 13.9. The standard InChI is InChI=1S/C19H29BN2O2Si/c1-14-16(20-23-18(2,3)19(4,5)24-20)17(25(6,7)8)21-22(14)15-12-10-9-11-13-15/h9-13H,1-8H3. The minimum Gasteiger partial charge on any atom is -0.399 e. The number of hydrogen-bond acceptors (Lipinski definition) is 3. The molecule has 0 N–H and O–H groups in total. The molecule has 0 unspecified atom stereocenters. The zero-order valence-electron chi connectivity index (χ0n) is 16.7. The molecule has 0 saturated carbocycles. The van der Waals surface area contributed by atoms with Gasteiger partial charge < -0.3 is 9.31 Å². The Kier molecular flexibility index (Phi) is 4.29. The highest BCUT2D eigenvalue weighted by Crippen LogP contribution is 2.36. The molecule has 134 valence electrons. The Balaban J connectivity index is 2.15. The van der Waals surface area contributed by atoms with Crippen LogP contribution >= 0.6 is 0 Å². The lowest BCUT2D eigenvalue weighted by atomic mass is 9.79. The quantitative estimate of drug-likeness (QED) is 0.794. The molecule has 2 heterocycles. The van der Waals surface area contributed by atoms with Gasteiger partial charge in [-0.3, -0.25) is 0 Å². The fraction of sp³-hybridized carbons (Fsp3) is 0.526. The number of benzene rings is 1. The molecule has 0 amide bonds. The first kappa shape index (κ1) is 18.4. The fourth-order valence-electron chi connectivity index (χ4n) is 3.13.